The van der Waals surface area contributed by atoms with Crippen molar-refractivity contribution in [3.05, 3.63) is 77.2 Å². The molecule has 0 bridgehead atoms. The third-order valence-electron chi connectivity index (χ3n) is 4.66. The van der Waals surface area contributed by atoms with Gasteiger partial charge in [0.2, 0.25) is 11.4 Å². The molecule has 1 heterocycles. The largest absolute Gasteiger partial charge is 0.349 e. The number of H-pyrrole nitrogens is 1. The van der Waals surface area contributed by atoms with E-state index in [1.54, 1.807) is 60.7 Å². The molecule has 4 N–H and O–H groups in total. The van der Waals surface area contributed by atoms with E-state index in [4.69, 9.17) is 0 Å². The zero-order valence-corrected chi connectivity index (χ0v) is 16.4. The Kier molecular flexibility index (Phi) is 5.15. The van der Waals surface area contributed by atoms with Crippen LogP contribution in [0.25, 0.3) is 22.4 Å². The average Bonchev–Trinajstić information content (AvgIpc) is 3.10. The van der Waals surface area contributed by atoms with Crippen molar-refractivity contribution >= 4 is 39.9 Å². The van der Waals surface area contributed by atoms with Crippen molar-refractivity contribution in [3.63, 3.8) is 0 Å². The van der Waals surface area contributed by atoms with Gasteiger partial charge >= 0.3 is 5.82 Å². The molecule has 31 heavy (non-hydrogen) atoms. The number of nitroso groups, excluding NO2 is 1. The molecule has 0 spiro atoms. The van der Waals surface area contributed by atoms with Crippen LogP contribution in [0.3, 0.4) is 0 Å². The first-order valence-electron chi connectivity index (χ1n) is 9.34. The molecule has 9 heteroatoms. The number of aromatic nitrogens is 2. The second kappa shape index (κ2) is 8.07. The van der Waals surface area contributed by atoms with Crippen LogP contribution in [0.5, 0.6) is 0 Å². The van der Waals surface area contributed by atoms with E-state index in [9.17, 15) is 19.7 Å². The smallest absolute Gasteiger partial charge is 0.327 e. The van der Waals surface area contributed by atoms with E-state index in [-0.39, 0.29) is 17.5 Å². The third kappa shape index (κ3) is 4.10. The maximum Gasteiger partial charge on any atom is 0.327 e. The molecule has 0 aliphatic carbocycles. The maximum atomic E-state index is 12.5. The number of imidazole rings is 1. The lowest BCUT2D eigenvalue weighted by atomic mass is 10.1. The predicted octanol–water partition coefficient (Wildman–Crippen LogP) is 3.97. The van der Waals surface area contributed by atoms with Gasteiger partial charge in [0.1, 0.15) is 5.69 Å². The Morgan fingerprint density at radius 2 is 1.58 bits per heavy atom. The zero-order chi connectivity index (χ0) is 22.0. The minimum Gasteiger partial charge on any atom is -0.349 e. The van der Waals surface area contributed by atoms with Gasteiger partial charge in [-0.1, -0.05) is 0 Å². The van der Waals surface area contributed by atoms with Crippen LogP contribution in [0.1, 0.15) is 17.3 Å². The minimum atomic E-state index is -0.293. The molecule has 154 valence electrons. The number of amides is 2. The number of rotatable bonds is 5. The number of fused-ring (bicyclic) bond motifs is 1. The van der Waals surface area contributed by atoms with Crippen LogP contribution in [-0.2, 0) is 4.79 Å². The fraction of sp³-hybridized carbons (Fsp3) is 0.0455. The summed E-state index contributed by atoms with van der Waals surface area (Å²) in [6.07, 6.45) is 0. The highest BCUT2D eigenvalue weighted by Gasteiger charge is 2.20. The predicted molar refractivity (Wildman–Crippen MR) is 115 cm³/mol. The Morgan fingerprint density at radius 3 is 2.23 bits per heavy atom. The van der Waals surface area contributed by atoms with Gasteiger partial charge in [-0.15, -0.1) is 4.91 Å². The summed E-state index contributed by atoms with van der Waals surface area (Å²) in [5, 5.41) is 18.8. The van der Waals surface area contributed by atoms with Crippen LogP contribution in [0, 0.1) is 4.91 Å². The fourth-order valence-corrected chi connectivity index (χ4v) is 3.18. The van der Waals surface area contributed by atoms with Crippen LogP contribution in [0.4, 0.5) is 17.1 Å². The van der Waals surface area contributed by atoms with Gasteiger partial charge in [-0.2, -0.15) is 0 Å². The average molecular weight is 416 g/mol. The number of carbonyl (C=O) groups is 2. The molecule has 0 atom stereocenters. The molecule has 2 amide bonds. The van der Waals surface area contributed by atoms with Gasteiger partial charge in [-0.25, -0.2) is 4.98 Å². The molecular formula is C22H18N5O4+. The minimum absolute atomic E-state index is 0.183. The topological polar surface area (TPSA) is 128 Å². The van der Waals surface area contributed by atoms with E-state index in [0.717, 1.165) is 4.73 Å². The van der Waals surface area contributed by atoms with Gasteiger partial charge in [0.15, 0.2) is 5.52 Å². The first kappa shape index (κ1) is 19.8. The van der Waals surface area contributed by atoms with E-state index in [1.165, 1.54) is 13.0 Å². The molecule has 1 aromatic heterocycles. The summed E-state index contributed by atoms with van der Waals surface area (Å²) in [6, 6.07) is 18.2. The Morgan fingerprint density at radius 1 is 0.935 bits per heavy atom. The summed E-state index contributed by atoms with van der Waals surface area (Å²) >= 11 is 0. The SMILES string of the molecule is CC(=O)Nc1ccc(C(=O)Nc2ccc(-c3[nH]c4ccc(N=O)cc4[n+]3O)cc2)cc1. The summed E-state index contributed by atoms with van der Waals surface area (Å²) in [5.41, 5.74) is 3.59. The van der Waals surface area contributed by atoms with Crippen LogP contribution < -0.4 is 15.4 Å². The summed E-state index contributed by atoms with van der Waals surface area (Å²) < 4.78 is 0.953. The summed E-state index contributed by atoms with van der Waals surface area (Å²) in [4.78, 5) is 37.3. The first-order valence-corrected chi connectivity index (χ1v) is 9.34. The van der Waals surface area contributed by atoms with Crippen molar-refractivity contribution in [2.24, 2.45) is 5.18 Å². The standard InChI is InChI=1S/C22H17N5O4/c1-13(28)23-16-8-4-15(5-9-16)22(29)24-17-6-2-14(3-7-17)21-25-19-11-10-18(26-30)12-20(19)27(21)31/h2-12,31H,1H3,(H2,23,24,25,28,29,30)/p+1. The number of anilines is 2. The van der Waals surface area contributed by atoms with Crippen LogP contribution in [-0.4, -0.2) is 22.0 Å². The van der Waals surface area contributed by atoms with Crippen molar-refractivity contribution in [3.8, 4) is 11.4 Å². The van der Waals surface area contributed by atoms with Gasteiger partial charge in [0.25, 0.3) is 5.91 Å². The van der Waals surface area contributed by atoms with Crippen molar-refractivity contribution in [1.82, 2.24) is 4.98 Å². The van der Waals surface area contributed by atoms with E-state index in [2.05, 4.69) is 20.8 Å². The second-order valence-corrected chi connectivity index (χ2v) is 6.87. The van der Waals surface area contributed by atoms with Gasteiger partial charge in [-0.05, 0) is 70.6 Å². The Bertz CT molecular complexity index is 1290. The van der Waals surface area contributed by atoms with Crippen LogP contribution in [0.2, 0.25) is 0 Å². The number of benzene rings is 3. The Labute approximate surface area is 176 Å². The van der Waals surface area contributed by atoms with Gasteiger partial charge in [0, 0.05) is 29.9 Å². The number of aromatic amines is 1. The summed E-state index contributed by atoms with van der Waals surface area (Å²) in [7, 11) is 0. The number of hydrogen-bond donors (Lipinski definition) is 4. The molecule has 0 aliphatic rings. The third-order valence-corrected chi connectivity index (χ3v) is 4.66. The number of nitrogens with one attached hydrogen (secondary N) is 3. The van der Waals surface area contributed by atoms with Crippen molar-refractivity contribution in [1.29, 1.82) is 0 Å². The lowest BCUT2D eigenvalue weighted by Crippen LogP contribution is -2.30. The van der Waals surface area contributed by atoms with Crippen molar-refractivity contribution < 1.29 is 19.5 Å². The lowest BCUT2D eigenvalue weighted by molar-refractivity contribution is -0.875. The first-order chi connectivity index (χ1) is 14.9. The molecule has 4 aromatic rings. The Hall–Kier alpha value is -4.53. The molecule has 0 aliphatic heterocycles. The Balaban J connectivity index is 1.51. The molecule has 9 nitrogen and oxygen atoms in total. The van der Waals surface area contributed by atoms with Crippen LogP contribution >= 0.6 is 0 Å². The summed E-state index contributed by atoms with van der Waals surface area (Å²) in [5.74, 6) is -0.0550. The van der Waals surface area contributed by atoms with Crippen LogP contribution in [0.15, 0.2) is 71.9 Å². The lowest BCUT2D eigenvalue weighted by Gasteiger charge is -2.07. The van der Waals surface area contributed by atoms with Crippen molar-refractivity contribution in [2.75, 3.05) is 10.6 Å². The monoisotopic (exact) mass is 416 g/mol. The maximum absolute atomic E-state index is 12.5. The fourth-order valence-electron chi connectivity index (χ4n) is 3.18. The molecule has 0 unspecified atom stereocenters. The van der Waals surface area contributed by atoms with E-state index < -0.39 is 0 Å². The van der Waals surface area contributed by atoms with E-state index in [1.807, 2.05) is 0 Å². The normalized spacial score (nSPS) is 10.6. The van der Waals surface area contributed by atoms with Gasteiger partial charge in [-0.3, -0.25) is 9.59 Å². The van der Waals surface area contributed by atoms with Gasteiger partial charge in [0.05, 0.1) is 5.56 Å². The highest BCUT2D eigenvalue weighted by atomic mass is 16.5. The highest BCUT2D eigenvalue weighted by Crippen LogP contribution is 2.23. The summed E-state index contributed by atoms with van der Waals surface area (Å²) in [6.45, 7) is 1.41. The molecule has 3 aromatic carbocycles. The second-order valence-electron chi connectivity index (χ2n) is 6.87. The number of hydrogen-bond acceptors (Lipinski definition) is 5. The molecule has 4 rings (SSSR count). The molecular weight excluding hydrogens is 398 g/mol. The molecule has 0 radical (unpaired) electrons. The highest BCUT2D eigenvalue weighted by molar-refractivity contribution is 6.04. The zero-order valence-electron chi connectivity index (χ0n) is 16.4. The van der Waals surface area contributed by atoms with Gasteiger partial charge < -0.3 is 15.8 Å². The molecule has 0 saturated heterocycles. The quantitative estimate of drug-likeness (QED) is 0.223. The number of nitrogens with zero attached hydrogens (tertiary/aromatic N) is 2. The molecule has 0 fully saturated rings. The number of carbonyl (C=O) groups excluding carboxylic acids is 2. The molecule has 0 saturated carbocycles. The van der Waals surface area contributed by atoms with E-state index >= 15 is 0 Å². The van der Waals surface area contributed by atoms with E-state index in [0.29, 0.717) is 39.4 Å². The van der Waals surface area contributed by atoms with Crippen molar-refractivity contribution in [2.45, 2.75) is 6.92 Å².